The molecule has 0 bridgehead atoms. The number of hydrogen-bond acceptors (Lipinski definition) is 5. The molecule has 4 nitrogen and oxygen atoms in total. The van der Waals surface area contributed by atoms with Gasteiger partial charge < -0.3 is 9.69 Å². The summed E-state index contributed by atoms with van der Waals surface area (Å²) < 4.78 is 23.2. The van der Waals surface area contributed by atoms with Gasteiger partial charge in [-0.25, -0.2) is 8.42 Å². The summed E-state index contributed by atoms with van der Waals surface area (Å²) >= 11 is 1.63. The van der Waals surface area contributed by atoms with Gasteiger partial charge in [-0.3, -0.25) is 0 Å². The number of carbonyl (C=O) groups excluding carboxylic acids is 1. The van der Waals surface area contributed by atoms with Gasteiger partial charge in [0.05, 0.1) is 4.90 Å². The lowest BCUT2D eigenvalue weighted by atomic mass is 9.94. The molecule has 0 fully saturated rings. The van der Waals surface area contributed by atoms with E-state index >= 15 is 0 Å². The maximum absolute atomic E-state index is 11.6. The van der Waals surface area contributed by atoms with Gasteiger partial charge in [0.25, 0.3) is 0 Å². The number of rotatable bonds is 7. The van der Waals surface area contributed by atoms with Gasteiger partial charge >= 0.3 is 0 Å². The van der Waals surface area contributed by atoms with Crippen LogP contribution in [0.4, 0.5) is 5.69 Å². The van der Waals surface area contributed by atoms with Crippen LogP contribution < -0.4 is 4.90 Å². The Morgan fingerprint density at radius 1 is 1.17 bits per heavy atom. The van der Waals surface area contributed by atoms with Gasteiger partial charge in [0.2, 0.25) is 0 Å². The summed E-state index contributed by atoms with van der Waals surface area (Å²) in [6, 6.07) is 8.86. The molecule has 0 aliphatic heterocycles. The van der Waals surface area contributed by atoms with Crippen molar-refractivity contribution in [1.29, 1.82) is 0 Å². The minimum Gasteiger partial charge on any atom is -0.366 e. The molecule has 1 heterocycles. The Morgan fingerprint density at radius 3 is 2.30 bits per heavy atom. The van der Waals surface area contributed by atoms with Gasteiger partial charge in [-0.05, 0) is 46.7 Å². The molecule has 0 aliphatic carbocycles. The van der Waals surface area contributed by atoms with Crippen molar-refractivity contribution in [2.24, 2.45) is 5.41 Å². The van der Waals surface area contributed by atoms with Crippen LogP contribution in [0.25, 0.3) is 0 Å². The van der Waals surface area contributed by atoms with E-state index in [1.165, 1.54) is 11.8 Å². The van der Waals surface area contributed by atoms with Gasteiger partial charge in [0.15, 0.2) is 9.84 Å². The second kappa shape index (κ2) is 6.84. The van der Waals surface area contributed by atoms with Crippen LogP contribution >= 0.6 is 11.3 Å². The number of hydrogen-bond donors (Lipinski definition) is 0. The van der Waals surface area contributed by atoms with Crippen LogP contribution in [-0.2, 0) is 21.2 Å². The van der Waals surface area contributed by atoms with Crippen LogP contribution in [0.2, 0.25) is 0 Å². The molecule has 2 rings (SSSR count). The van der Waals surface area contributed by atoms with E-state index in [0.29, 0.717) is 18.0 Å². The van der Waals surface area contributed by atoms with Gasteiger partial charge in [-0.2, -0.15) is 11.3 Å². The van der Waals surface area contributed by atoms with Crippen LogP contribution in [0.3, 0.4) is 0 Å². The molecular formula is C17H21NO3S2. The quantitative estimate of drug-likeness (QED) is 0.718. The SMILES string of the molecule is CC(C)(C=O)CN(Cc1ccsc1)c1ccc(S(C)(=O)=O)cc1. The normalized spacial score (nSPS) is 12.1. The fourth-order valence-electron chi connectivity index (χ4n) is 2.27. The molecule has 6 heteroatoms. The molecule has 0 aliphatic rings. The zero-order chi connectivity index (χ0) is 17.1. The molecule has 1 aromatic carbocycles. The number of carbonyl (C=O) groups is 1. The Kier molecular flexibility index (Phi) is 5.26. The number of thiophene rings is 1. The highest BCUT2D eigenvalue weighted by atomic mass is 32.2. The zero-order valence-corrected chi connectivity index (χ0v) is 15.2. The summed E-state index contributed by atoms with van der Waals surface area (Å²) in [5.74, 6) is 0. The summed E-state index contributed by atoms with van der Waals surface area (Å²) in [4.78, 5) is 13.7. The monoisotopic (exact) mass is 351 g/mol. The van der Waals surface area contributed by atoms with Crippen LogP contribution in [0, 0.1) is 5.41 Å². The van der Waals surface area contributed by atoms with Crippen molar-refractivity contribution in [1.82, 2.24) is 0 Å². The largest absolute Gasteiger partial charge is 0.366 e. The molecule has 124 valence electrons. The van der Waals surface area contributed by atoms with E-state index in [-0.39, 0.29) is 0 Å². The molecule has 1 aromatic heterocycles. The summed E-state index contributed by atoms with van der Waals surface area (Å²) in [6.45, 7) is 5.03. The third kappa shape index (κ3) is 4.91. The molecule has 0 saturated heterocycles. The minimum atomic E-state index is -3.21. The minimum absolute atomic E-state index is 0.298. The molecule has 0 saturated carbocycles. The van der Waals surface area contributed by atoms with Crippen molar-refractivity contribution in [3.8, 4) is 0 Å². The second-order valence-corrected chi connectivity index (χ2v) is 9.16. The summed E-state index contributed by atoms with van der Waals surface area (Å²) in [7, 11) is -3.21. The first-order chi connectivity index (χ1) is 10.7. The molecule has 0 radical (unpaired) electrons. The highest BCUT2D eigenvalue weighted by Gasteiger charge is 2.22. The van der Waals surface area contributed by atoms with E-state index in [2.05, 4.69) is 16.3 Å². The second-order valence-electron chi connectivity index (χ2n) is 6.36. The van der Waals surface area contributed by atoms with E-state index in [1.807, 2.05) is 19.2 Å². The molecular weight excluding hydrogens is 330 g/mol. The Bertz CT molecular complexity index is 748. The number of aldehydes is 1. The number of sulfone groups is 1. The van der Waals surface area contributed by atoms with E-state index < -0.39 is 15.3 Å². The predicted molar refractivity (Wildman–Crippen MR) is 94.8 cm³/mol. The lowest BCUT2D eigenvalue weighted by molar-refractivity contribution is -0.114. The number of anilines is 1. The lowest BCUT2D eigenvalue weighted by Gasteiger charge is -2.31. The standard InChI is InChI=1S/C17H21NO3S2/c1-17(2,13-19)12-18(10-14-8-9-22-11-14)15-4-6-16(7-5-15)23(3,20)21/h4-9,11,13H,10,12H2,1-3H3. The van der Waals surface area contributed by atoms with Crippen molar-refractivity contribution in [2.75, 3.05) is 17.7 Å². The summed E-state index contributed by atoms with van der Waals surface area (Å²) in [5.41, 5.74) is 1.59. The Balaban J connectivity index is 2.30. The van der Waals surface area contributed by atoms with Gasteiger partial charge in [0, 0.05) is 30.4 Å². The highest BCUT2D eigenvalue weighted by molar-refractivity contribution is 7.90. The molecule has 0 spiro atoms. The van der Waals surface area contributed by atoms with Crippen molar-refractivity contribution >= 4 is 33.1 Å². The van der Waals surface area contributed by atoms with Crippen molar-refractivity contribution in [3.05, 3.63) is 46.7 Å². The van der Waals surface area contributed by atoms with Crippen LogP contribution in [0.5, 0.6) is 0 Å². The first kappa shape index (κ1) is 17.7. The third-order valence-electron chi connectivity index (χ3n) is 3.50. The smallest absolute Gasteiger partial charge is 0.175 e. The average Bonchev–Trinajstić information content (AvgIpc) is 2.99. The maximum Gasteiger partial charge on any atom is 0.175 e. The average molecular weight is 351 g/mol. The van der Waals surface area contributed by atoms with Crippen LogP contribution in [0.15, 0.2) is 46.0 Å². The van der Waals surface area contributed by atoms with E-state index in [0.717, 1.165) is 12.0 Å². The lowest BCUT2D eigenvalue weighted by Crippen LogP contribution is -2.34. The fourth-order valence-corrected chi connectivity index (χ4v) is 3.57. The number of nitrogens with zero attached hydrogens (tertiary/aromatic N) is 1. The Hall–Kier alpha value is -1.66. The summed E-state index contributed by atoms with van der Waals surface area (Å²) in [6.07, 6.45) is 2.15. The maximum atomic E-state index is 11.6. The van der Waals surface area contributed by atoms with Gasteiger partial charge in [0.1, 0.15) is 6.29 Å². The zero-order valence-electron chi connectivity index (χ0n) is 13.5. The first-order valence-corrected chi connectivity index (χ1v) is 10.1. The molecule has 0 unspecified atom stereocenters. The molecule has 23 heavy (non-hydrogen) atoms. The first-order valence-electron chi connectivity index (χ1n) is 7.24. The van der Waals surface area contributed by atoms with Crippen molar-refractivity contribution in [3.63, 3.8) is 0 Å². The summed E-state index contributed by atoms with van der Waals surface area (Å²) in [5, 5.41) is 4.09. The molecule has 0 N–H and O–H groups in total. The fraction of sp³-hybridized carbons (Fsp3) is 0.353. The van der Waals surface area contributed by atoms with E-state index in [4.69, 9.17) is 0 Å². The van der Waals surface area contributed by atoms with Crippen molar-refractivity contribution in [2.45, 2.75) is 25.3 Å². The van der Waals surface area contributed by atoms with Crippen LogP contribution in [-0.4, -0.2) is 27.5 Å². The van der Waals surface area contributed by atoms with E-state index in [9.17, 15) is 13.2 Å². The number of benzene rings is 1. The van der Waals surface area contributed by atoms with Crippen LogP contribution in [0.1, 0.15) is 19.4 Å². The highest BCUT2D eigenvalue weighted by Crippen LogP contribution is 2.25. The van der Waals surface area contributed by atoms with E-state index in [1.54, 1.807) is 35.6 Å². The Labute approximate surface area is 141 Å². The van der Waals surface area contributed by atoms with Gasteiger partial charge in [-0.15, -0.1) is 0 Å². The molecule has 0 atom stereocenters. The topological polar surface area (TPSA) is 54.5 Å². The predicted octanol–water partition coefficient (Wildman–Crippen LogP) is 3.38. The molecule has 0 amide bonds. The molecule has 2 aromatic rings. The van der Waals surface area contributed by atoms with Crippen molar-refractivity contribution < 1.29 is 13.2 Å². The third-order valence-corrected chi connectivity index (χ3v) is 5.36. The Morgan fingerprint density at radius 2 is 1.83 bits per heavy atom. The van der Waals surface area contributed by atoms with Gasteiger partial charge in [-0.1, -0.05) is 13.8 Å².